The molecule has 6 nitrogen and oxygen atoms in total. The Hall–Kier alpha value is -3.67. The van der Waals surface area contributed by atoms with Crippen molar-refractivity contribution in [2.24, 2.45) is 0 Å². The molecule has 25 heavy (non-hydrogen) atoms. The average Bonchev–Trinajstić information content (AvgIpc) is 2.78. The smallest absolute Gasteiger partial charge is 0.288 e. The predicted octanol–water partition coefficient (Wildman–Crippen LogP) is 3.72. The van der Waals surface area contributed by atoms with Crippen molar-refractivity contribution in [1.82, 2.24) is 9.97 Å². The van der Waals surface area contributed by atoms with E-state index < -0.39 is 4.92 Å². The van der Waals surface area contributed by atoms with Crippen LogP contribution in [0.25, 0.3) is 32.9 Å². The van der Waals surface area contributed by atoms with E-state index in [-0.39, 0.29) is 27.5 Å². The minimum absolute atomic E-state index is 0.0664. The number of rotatable bonds is 2. The minimum Gasteiger partial charge on any atom is -0.288 e. The molecule has 6 heteroatoms. The Morgan fingerprint density at radius 3 is 2.44 bits per heavy atom. The molecule has 0 unspecified atom stereocenters. The molecule has 0 saturated heterocycles. The summed E-state index contributed by atoms with van der Waals surface area (Å²) in [5.41, 5.74) is 1.47. The highest BCUT2D eigenvalue weighted by atomic mass is 16.6. The van der Waals surface area contributed by atoms with Crippen molar-refractivity contribution < 1.29 is 4.92 Å². The molecular formula is C19H11N3O3. The van der Waals surface area contributed by atoms with Crippen molar-refractivity contribution in [3.05, 3.63) is 87.3 Å². The third-order valence-electron chi connectivity index (χ3n) is 4.04. The lowest BCUT2D eigenvalue weighted by Gasteiger charge is -2.01. The standard InChI is InChI=1S/C19H11N3O3/c23-19-14-7-4-8-20-18(14)17(22(24)25)10-16-15(19)9-13(11-21-16)12-5-2-1-3-6-12/h1-11H. The number of aromatic nitrogens is 2. The van der Waals surface area contributed by atoms with Gasteiger partial charge in [-0.1, -0.05) is 30.3 Å². The number of nitrogens with zero attached hydrogens (tertiary/aromatic N) is 3. The second-order valence-corrected chi connectivity index (χ2v) is 5.54. The molecule has 2 aromatic carbocycles. The van der Waals surface area contributed by atoms with Gasteiger partial charge in [-0.2, -0.15) is 0 Å². The first-order valence-electron chi connectivity index (χ1n) is 7.57. The van der Waals surface area contributed by atoms with Crippen molar-refractivity contribution in [2.45, 2.75) is 0 Å². The zero-order valence-corrected chi connectivity index (χ0v) is 12.9. The molecule has 0 saturated carbocycles. The molecule has 0 atom stereocenters. The van der Waals surface area contributed by atoms with E-state index in [1.54, 1.807) is 24.4 Å². The van der Waals surface area contributed by atoms with Crippen molar-refractivity contribution in [2.75, 3.05) is 0 Å². The quantitative estimate of drug-likeness (QED) is 0.413. The Morgan fingerprint density at radius 2 is 1.68 bits per heavy atom. The highest BCUT2D eigenvalue weighted by molar-refractivity contribution is 5.96. The SMILES string of the molecule is O=c1c2cc(-c3ccccc3)cnc2cc([N+](=O)[O-])c2ncccc12. The fraction of sp³-hybridized carbons (Fsp3) is 0. The van der Waals surface area contributed by atoms with E-state index >= 15 is 0 Å². The average molecular weight is 329 g/mol. The molecular weight excluding hydrogens is 318 g/mol. The zero-order valence-electron chi connectivity index (χ0n) is 12.9. The van der Waals surface area contributed by atoms with Crippen LogP contribution < -0.4 is 5.43 Å². The monoisotopic (exact) mass is 329 g/mol. The minimum atomic E-state index is -0.541. The normalized spacial score (nSPS) is 10.9. The van der Waals surface area contributed by atoms with Crippen LogP contribution in [0, 0.1) is 10.1 Å². The van der Waals surface area contributed by atoms with E-state index in [0.29, 0.717) is 5.39 Å². The molecule has 0 spiro atoms. The van der Waals surface area contributed by atoms with Gasteiger partial charge in [-0.05, 0) is 23.8 Å². The molecule has 0 aliphatic heterocycles. The van der Waals surface area contributed by atoms with Gasteiger partial charge in [-0.15, -0.1) is 0 Å². The number of pyridine rings is 2. The Bertz CT molecular complexity index is 1190. The number of fused-ring (bicyclic) bond motifs is 2. The largest absolute Gasteiger partial charge is 0.297 e. The first-order valence-corrected chi connectivity index (χ1v) is 7.57. The molecule has 0 N–H and O–H groups in total. The van der Waals surface area contributed by atoms with Gasteiger partial charge in [0.05, 0.1) is 15.8 Å². The molecule has 0 amide bonds. The summed E-state index contributed by atoms with van der Waals surface area (Å²) < 4.78 is 0. The third-order valence-corrected chi connectivity index (χ3v) is 4.04. The second-order valence-electron chi connectivity index (χ2n) is 5.54. The lowest BCUT2D eigenvalue weighted by Crippen LogP contribution is -2.00. The maximum Gasteiger partial charge on any atom is 0.297 e. The molecule has 0 bridgehead atoms. The molecule has 0 fully saturated rings. The summed E-state index contributed by atoms with van der Waals surface area (Å²) in [5.74, 6) is 0. The molecule has 2 aromatic heterocycles. The lowest BCUT2D eigenvalue weighted by molar-refractivity contribution is -0.383. The van der Waals surface area contributed by atoms with Crippen LogP contribution in [0.4, 0.5) is 5.69 Å². The fourth-order valence-corrected chi connectivity index (χ4v) is 2.84. The highest BCUT2D eigenvalue weighted by Gasteiger charge is 2.17. The Kier molecular flexibility index (Phi) is 3.43. The zero-order chi connectivity index (χ0) is 17.4. The van der Waals surface area contributed by atoms with Crippen LogP contribution in [0.1, 0.15) is 0 Å². The van der Waals surface area contributed by atoms with Crippen molar-refractivity contribution >= 4 is 27.5 Å². The van der Waals surface area contributed by atoms with Crippen LogP contribution in [-0.4, -0.2) is 14.9 Å². The topological polar surface area (TPSA) is 86.0 Å². The predicted molar refractivity (Wildman–Crippen MR) is 95.4 cm³/mol. The molecule has 0 aliphatic carbocycles. The van der Waals surface area contributed by atoms with Crippen LogP contribution in [0.2, 0.25) is 0 Å². The Morgan fingerprint density at radius 1 is 0.880 bits per heavy atom. The van der Waals surface area contributed by atoms with Crippen molar-refractivity contribution in [3.63, 3.8) is 0 Å². The van der Waals surface area contributed by atoms with Gasteiger partial charge >= 0.3 is 0 Å². The van der Waals surface area contributed by atoms with E-state index in [1.807, 2.05) is 30.3 Å². The number of hydrogen-bond donors (Lipinski definition) is 0. The summed E-state index contributed by atoms with van der Waals surface area (Å²) >= 11 is 0. The van der Waals surface area contributed by atoms with Crippen molar-refractivity contribution in [3.8, 4) is 11.1 Å². The number of nitro groups is 1. The summed E-state index contributed by atoms with van der Waals surface area (Å²) in [4.78, 5) is 32.2. The maximum atomic E-state index is 12.9. The molecule has 4 rings (SSSR count). The van der Waals surface area contributed by atoms with Gasteiger partial charge in [0.2, 0.25) is 0 Å². The van der Waals surface area contributed by atoms with E-state index in [9.17, 15) is 14.9 Å². The molecule has 4 aromatic rings. The summed E-state index contributed by atoms with van der Waals surface area (Å²) in [6.45, 7) is 0. The molecule has 120 valence electrons. The fourth-order valence-electron chi connectivity index (χ4n) is 2.84. The molecule has 2 heterocycles. The van der Waals surface area contributed by atoms with E-state index in [2.05, 4.69) is 9.97 Å². The molecule has 0 radical (unpaired) electrons. The summed E-state index contributed by atoms with van der Waals surface area (Å²) in [6, 6.07) is 15.7. The van der Waals surface area contributed by atoms with Gasteiger partial charge in [0.25, 0.3) is 5.69 Å². The van der Waals surface area contributed by atoms with E-state index in [0.717, 1.165) is 11.1 Å². The van der Waals surface area contributed by atoms with Gasteiger partial charge in [-0.25, -0.2) is 4.98 Å². The third kappa shape index (κ3) is 2.49. The van der Waals surface area contributed by atoms with Gasteiger partial charge in [0.1, 0.15) is 0 Å². The second kappa shape index (κ2) is 5.76. The Labute approximate surface area is 141 Å². The highest BCUT2D eigenvalue weighted by Crippen LogP contribution is 2.26. The van der Waals surface area contributed by atoms with Crippen LogP contribution in [0.3, 0.4) is 0 Å². The summed E-state index contributed by atoms with van der Waals surface area (Å²) in [7, 11) is 0. The van der Waals surface area contributed by atoms with Crippen LogP contribution in [-0.2, 0) is 0 Å². The number of hydrogen-bond acceptors (Lipinski definition) is 5. The lowest BCUT2D eigenvalue weighted by atomic mass is 10.1. The first kappa shape index (κ1) is 14.9. The van der Waals surface area contributed by atoms with Crippen LogP contribution in [0.15, 0.2) is 71.8 Å². The van der Waals surface area contributed by atoms with Crippen molar-refractivity contribution in [1.29, 1.82) is 0 Å². The van der Waals surface area contributed by atoms with E-state index in [1.165, 1.54) is 12.3 Å². The Balaban J connectivity index is 2.15. The maximum absolute atomic E-state index is 12.9. The van der Waals surface area contributed by atoms with Gasteiger partial charge in [-0.3, -0.25) is 19.9 Å². The van der Waals surface area contributed by atoms with Crippen LogP contribution >= 0.6 is 0 Å². The molecule has 0 aliphatic rings. The summed E-state index contributed by atoms with van der Waals surface area (Å²) in [5, 5.41) is 12.0. The van der Waals surface area contributed by atoms with Crippen LogP contribution in [0.5, 0.6) is 0 Å². The van der Waals surface area contributed by atoms with Gasteiger partial charge in [0, 0.05) is 29.4 Å². The van der Waals surface area contributed by atoms with Gasteiger partial charge in [0.15, 0.2) is 10.9 Å². The first-order chi connectivity index (χ1) is 12.1. The van der Waals surface area contributed by atoms with Gasteiger partial charge < -0.3 is 0 Å². The summed E-state index contributed by atoms with van der Waals surface area (Å²) in [6.07, 6.45) is 3.04. The number of benzene rings is 1. The van der Waals surface area contributed by atoms with E-state index in [4.69, 9.17) is 0 Å².